The largest absolute Gasteiger partial charge is 0.207 e. The van der Waals surface area contributed by atoms with Gasteiger partial charge in [-0.25, -0.2) is 13.2 Å². The van der Waals surface area contributed by atoms with E-state index < -0.39 is 17.5 Å². The minimum atomic E-state index is -0.645. The van der Waals surface area contributed by atoms with Gasteiger partial charge in [-0.05, 0) is 78.1 Å². The lowest BCUT2D eigenvalue weighted by molar-refractivity contribution is 0.556. The van der Waals surface area contributed by atoms with Gasteiger partial charge in [0.1, 0.15) is 17.5 Å². The lowest BCUT2D eigenvalue weighted by Gasteiger charge is -2.13. The van der Waals surface area contributed by atoms with Crippen LogP contribution in [-0.2, 0) is 12.8 Å². The van der Waals surface area contributed by atoms with Crippen LogP contribution in [0.3, 0.4) is 0 Å². The van der Waals surface area contributed by atoms with Crippen molar-refractivity contribution >= 4 is 0 Å². The van der Waals surface area contributed by atoms with Gasteiger partial charge in [-0.15, -0.1) is 0 Å². The quantitative estimate of drug-likeness (QED) is 0.225. The van der Waals surface area contributed by atoms with Crippen molar-refractivity contribution in [3.05, 3.63) is 131 Å². The highest BCUT2D eigenvalue weighted by Gasteiger charge is 2.15. The van der Waals surface area contributed by atoms with Gasteiger partial charge in [-0.3, -0.25) is 0 Å². The second-order valence-corrected chi connectivity index (χ2v) is 8.93. The molecular weight excluding hydrogens is 441 g/mol. The van der Waals surface area contributed by atoms with E-state index >= 15 is 4.39 Å². The van der Waals surface area contributed by atoms with Crippen molar-refractivity contribution in [2.45, 2.75) is 39.0 Å². The maximum absolute atomic E-state index is 15.0. The first-order valence-electron chi connectivity index (χ1n) is 12.0. The summed E-state index contributed by atoms with van der Waals surface area (Å²) < 4.78 is 44.1. The van der Waals surface area contributed by atoms with E-state index in [2.05, 4.69) is 43.3 Å². The molecule has 3 heteroatoms. The van der Waals surface area contributed by atoms with Crippen LogP contribution in [-0.4, -0.2) is 0 Å². The van der Waals surface area contributed by atoms with E-state index in [0.717, 1.165) is 17.5 Å². The van der Waals surface area contributed by atoms with Crippen LogP contribution in [0.4, 0.5) is 13.2 Å². The van der Waals surface area contributed by atoms with Crippen molar-refractivity contribution in [1.29, 1.82) is 0 Å². The van der Waals surface area contributed by atoms with Crippen molar-refractivity contribution in [3.63, 3.8) is 0 Å². The van der Waals surface area contributed by atoms with Crippen LogP contribution in [0.2, 0.25) is 0 Å². The third kappa shape index (κ3) is 5.92. The van der Waals surface area contributed by atoms with Gasteiger partial charge in [-0.1, -0.05) is 85.8 Å². The number of allylic oxidation sites excluding steroid dienone is 2. The zero-order chi connectivity index (χ0) is 24.8. The molecule has 0 aliphatic rings. The van der Waals surface area contributed by atoms with Gasteiger partial charge in [0.05, 0.1) is 0 Å². The average Bonchev–Trinajstić information content (AvgIpc) is 2.86. The lowest BCUT2D eigenvalue weighted by Crippen LogP contribution is -1.98. The van der Waals surface area contributed by atoms with E-state index in [4.69, 9.17) is 0 Å². The van der Waals surface area contributed by atoms with Crippen molar-refractivity contribution in [2.24, 2.45) is 0 Å². The molecule has 4 rings (SSSR count). The third-order valence-electron chi connectivity index (χ3n) is 6.42. The van der Waals surface area contributed by atoms with Gasteiger partial charge in [0.2, 0.25) is 0 Å². The van der Waals surface area contributed by atoms with E-state index in [9.17, 15) is 8.78 Å². The topological polar surface area (TPSA) is 0 Å². The summed E-state index contributed by atoms with van der Waals surface area (Å²) in [7, 11) is 0. The Morgan fingerprint density at radius 2 is 1.34 bits per heavy atom. The van der Waals surface area contributed by atoms with Gasteiger partial charge in [0.25, 0.3) is 0 Å². The van der Waals surface area contributed by atoms with Gasteiger partial charge in [0, 0.05) is 11.1 Å². The summed E-state index contributed by atoms with van der Waals surface area (Å²) in [5.41, 5.74) is 4.53. The maximum Gasteiger partial charge on any atom is 0.131 e. The molecule has 0 saturated heterocycles. The monoisotopic (exact) mass is 470 g/mol. The van der Waals surface area contributed by atoms with Crippen molar-refractivity contribution in [2.75, 3.05) is 0 Å². The zero-order valence-corrected chi connectivity index (χ0v) is 20.1. The molecule has 1 atom stereocenters. The Balaban J connectivity index is 1.51. The van der Waals surface area contributed by atoms with Crippen LogP contribution < -0.4 is 0 Å². The first-order chi connectivity index (χ1) is 17.0. The van der Waals surface area contributed by atoms with Crippen LogP contribution in [0.15, 0.2) is 97.1 Å². The molecule has 0 spiro atoms. The summed E-state index contributed by atoms with van der Waals surface area (Å²) in [4.78, 5) is 0. The highest BCUT2D eigenvalue weighted by Crippen LogP contribution is 2.31. The lowest BCUT2D eigenvalue weighted by atomic mass is 9.92. The zero-order valence-electron chi connectivity index (χ0n) is 20.1. The molecule has 0 amide bonds. The van der Waals surface area contributed by atoms with Crippen LogP contribution in [0, 0.1) is 17.5 Å². The molecule has 4 aromatic carbocycles. The van der Waals surface area contributed by atoms with E-state index in [1.807, 2.05) is 37.3 Å². The molecular formula is C32H29F3. The molecule has 0 bridgehead atoms. The van der Waals surface area contributed by atoms with Crippen molar-refractivity contribution < 1.29 is 13.2 Å². The standard InChI is InChI=1S/C32H29F3/c1-3-4-6-11-29-31(34)20-27(21-32(29)35)28-17-16-26(19-30(28)33)25-14-12-23(13-15-25)18-22(2)24-9-7-5-8-10-24/h3-5,7-10,12-17,19-22H,6,11,18H2,1-2H3/t22-/m0/s1. The molecule has 0 unspecified atom stereocenters. The van der Waals surface area contributed by atoms with E-state index in [-0.39, 0.29) is 23.1 Å². The van der Waals surface area contributed by atoms with E-state index in [0.29, 0.717) is 12.3 Å². The predicted molar refractivity (Wildman–Crippen MR) is 139 cm³/mol. The fourth-order valence-corrected chi connectivity index (χ4v) is 4.41. The maximum atomic E-state index is 15.0. The summed E-state index contributed by atoms with van der Waals surface area (Å²) in [6, 6.07) is 25.7. The second kappa shape index (κ2) is 11.2. The molecule has 0 heterocycles. The van der Waals surface area contributed by atoms with Gasteiger partial charge >= 0.3 is 0 Å². The van der Waals surface area contributed by atoms with Gasteiger partial charge in [-0.2, -0.15) is 0 Å². The Hall–Kier alpha value is -3.59. The van der Waals surface area contributed by atoms with E-state index in [1.165, 1.54) is 29.3 Å². The molecule has 0 N–H and O–H groups in total. The normalized spacial score (nSPS) is 12.3. The van der Waals surface area contributed by atoms with Crippen LogP contribution >= 0.6 is 0 Å². The van der Waals surface area contributed by atoms with Gasteiger partial charge in [0.15, 0.2) is 0 Å². The minimum Gasteiger partial charge on any atom is -0.207 e. The summed E-state index contributed by atoms with van der Waals surface area (Å²) in [5, 5.41) is 0. The fourth-order valence-electron chi connectivity index (χ4n) is 4.41. The molecule has 35 heavy (non-hydrogen) atoms. The Kier molecular flexibility index (Phi) is 7.87. The summed E-state index contributed by atoms with van der Waals surface area (Å²) in [6.07, 6.45) is 5.45. The molecule has 0 fully saturated rings. The van der Waals surface area contributed by atoms with E-state index in [1.54, 1.807) is 12.1 Å². The van der Waals surface area contributed by atoms with Crippen LogP contribution in [0.25, 0.3) is 22.3 Å². The smallest absolute Gasteiger partial charge is 0.131 e. The van der Waals surface area contributed by atoms with Crippen LogP contribution in [0.1, 0.15) is 42.9 Å². The Bertz CT molecular complexity index is 1280. The average molecular weight is 471 g/mol. The minimum absolute atomic E-state index is 0.0329. The molecule has 0 aromatic heterocycles. The number of hydrogen-bond acceptors (Lipinski definition) is 0. The molecule has 178 valence electrons. The second-order valence-electron chi connectivity index (χ2n) is 8.93. The molecule has 0 radical (unpaired) electrons. The van der Waals surface area contributed by atoms with Crippen molar-refractivity contribution in [3.8, 4) is 22.3 Å². The molecule has 0 nitrogen and oxygen atoms in total. The number of halogens is 3. The number of hydrogen-bond donors (Lipinski definition) is 0. The molecule has 0 aliphatic heterocycles. The van der Waals surface area contributed by atoms with Crippen LogP contribution in [0.5, 0.6) is 0 Å². The Labute approximate surface area is 205 Å². The predicted octanol–water partition coefficient (Wildman–Crippen LogP) is 9.29. The number of benzene rings is 4. The van der Waals surface area contributed by atoms with Crippen molar-refractivity contribution in [1.82, 2.24) is 0 Å². The SMILES string of the molecule is CC=CCCc1c(F)cc(-c2ccc(-c3ccc(C[C@H](C)c4ccccc4)cc3)cc2F)cc1F. The highest BCUT2D eigenvalue weighted by atomic mass is 19.1. The number of rotatable bonds is 8. The third-order valence-corrected chi connectivity index (χ3v) is 6.42. The molecule has 4 aromatic rings. The Morgan fingerprint density at radius 3 is 1.97 bits per heavy atom. The fraction of sp³-hybridized carbons (Fsp3) is 0.188. The first kappa shape index (κ1) is 24.5. The Morgan fingerprint density at radius 1 is 0.714 bits per heavy atom. The summed E-state index contributed by atoms with van der Waals surface area (Å²) in [5.74, 6) is -1.40. The highest BCUT2D eigenvalue weighted by molar-refractivity contribution is 5.71. The molecule has 0 aliphatic carbocycles. The summed E-state index contributed by atoms with van der Waals surface area (Å²) >= 11 is 0. The first-order valence-corrected chi connectivity index (χ1v) is 12.0. The summed E-state index contributed by atoms with van der Waals surface area (Å²) in [6.45, 7) is 4.07. The van der Waals surface area contributed by atoms with Gasteiger partial charge < -0.3 is 0 Å². The molecule has 0 saturated carbocycles.